The third-order valence-corrected chi connectivity index (χ3v) is 4.89. The highest BCUT2D eigenvalue weighted by Crippen LogP contribution is 2.23. The van der Waals surface area contributed by atoms with Gasteiger partial charge in [0.15, 0.2) is 0 Å². The molecule has 0 saturated heterocycles. The average molecular weight is 420 g/mol. The Kier molecular flexibility index (Phi) is 6.05. The summed E-state index contributed by atoms with van der Waals surface area (Å²) in [7, 11) is 2.01. The number of para-hydroxylation sites is 1. The molecule has 0 atom stereocenters. The fourth-order valence-electron chi connectivity index (χ4n) is 3.19. The van der Waals surface area contributed by atoms with Crippen molar-refractivity contribution in [3.63, 3.8) is 0 Å². The SMILES string of the molecule is CN(c1ccccc1)c1ccc(C=NNc2nc(-c3ccccc3)c(C#N)c(=O)[nH]2)cc1. The van der Waals surface area contributed by atoms with Crippen molar-refractivity contribution in [3.8, 4) is 17.3 Å². The Morgan fingerprint density at radius 2 is 1.59 bits per heavy atom. The van der Waals surface area contributed by atoms with Crippen LogP contribution in [0, 0.1) is 11.3 Å². The Morgan fingerprint density at radius 3 is 2.25 bits per heavy atom. The summed E-state index contributed by atoms with van der Waals surface area (Å²) in [6, 6.07) is 29.0. The Morgan fingerprint density at radius 1 is 0.969 bits per heavy atom. The van der Waals surface area contributed by atoms with Crippen LogP contribution in [0.15, 0.2) is 94.8 Å². The van der Waals surface area contributed by atoms with Gasteiger partial charge in [-0.25, -0.2) is 10.4 Å². The maximum atomic E-state index is 12.3. The molecule has 0 aliphatic carbocycles. The molecule has 0 spiro atoms. The predicted molar refractivity (Wildman–Crippen MR) is 127 cm³/mol. The lowest BCUT2D eigenvalue weighted by molar-refractivity contribution is 1.08. The fraction of sp³-hybridized carbons (Fsp3) is 0.0400. The number of aromatic amines is 1. The van der Waals surface area contributed by atoms with Crippen molar-refractivity contribution in [2.75, 3.05) is 17.4 Å². The summed E-state index contributed by atoms with van der Waals surface area (Å²) in [5.41, 5.74) is 6.19. The maximum absolute atomic E-state index is 12.3. The molecule has 7 nitrogen and oxygen atoms in total. The molecule has 32 heavy (non-hydrogen) atoms. The molecule has 0 radical (unpaired) electrons. The second-order valence-corrected chi connectivity index (χ2v) is 6.97. The number of H-pyrrole nitrogens is 1. The molecule has 3 aromatic carbocycles. The first-order valence-corrected chi connectivity index (χ1v) is 9.93. The summed E-state index contributed by atoms with van der Waals surface area (Å²) in [5.74, 6) is 0.157. The zero-order chi connectivity index (χ0) is 22.3. The average Bonchev–Trinajstić information content (AvgIpc) is 2.85. The van der Waals surface area contributed by atoms with E-state index in [1.807, 2.05) is 85.9 Å². The van der Waals surface area contributed by atoms with E-state index in [4.69, 9.17) is 0 Å². The molecule has 7 heteroatoms. The van der Waals surface area contributed by atoms with E-state index in [9.17, 15) is 10.1 Å². The van der Waals surface area contributed by atoms with Crippen molar-refractivity contribution in [2.24, 2.45) is 5.10 Å². The molecule has 0 aliphatic heterocycles. The van der Waals surface area contributed by atoms with E-state index in [-0.39, 0.29) is 11.5 Å². The van der Waals surface area contributed by atoms with Gasteiger partial charge in [-0.15, -0.1) is 0 Å². The Hall–Kier alpha value is -4.70. The molecule has 1 heterocycles. The van der Waals surface area contributed by atoms with Crippen LogP contribution in [0.1, 0.15) is 11.1 Å². The monoisotopic (exact) mass is 420 g/mol. The molecule has 1 aromatic heterocycles. The lowest BCUT2D eigenvalue weighted by Gasteiger charge is -2.19. The van der Waals surface area contributed by atoms with Gasteiger partial charge in [0.05, 0.1) is 11.9 Å². The summed E-state index contributed by atoms with van der Waals surface area (Å²) < 4.78 is 0. The Labute approximate surface area is 185 Å². The number of nitrogens with zero attached hydrogens (tertiary/aromatic N) is 4. The van der Waals surface area contributed by atoms with Gasteiger partial charge in [-0.3, -0.25) is 9.78 Å². The van der Waals surface area contributed by atoms with Crippen LogP contribution in [-0.4, -0.2) is 23.2 Å². The summed E-state index contributed by atoms with van der Waals surface area (Å²) >= 11 is 0. The van der Waals surface area contributed by atoms with E-state index in [0.29, 0.717) is 11.3 Å². The second-order valence-electron chi connectivity index (χ2n) is 6.97. The molecule has 0 unspecified atom stereocenters. The fourth-order valence-corrected chi connectivity index (χ4v) is 3.19. The Balaban J connectivity index is 1.50. The first kappa shape index (κ1) is 20.6. The molecular formula is C25H20N6O. The molecule has 0 saturated carbocycles. The van der Waals surface area contributed by atoms with Crippen LogP contribution in [0.3, 0.4) is 0 Å². The van der Waals surface area contributed by atoms with Crippen LogP contribution < -0.4 is 15.9 Å². The molecule has 2 N–H and O–H groups in total. The standard InChI is InChI=1S/C25H20N6O/c1-31(20-10-6-3-7-11-20)21-14-12-18(13-15-21)17-27-30-25-28-23(19-8-4-2-5-9-19)22(16-26)24(32)29-25/h2-15,17H,1H3,(H2,28,29,30,32). The number of aromatic nitrogens is 2. The number of hydrogen-bond donors (Lipinski definition) is 2. The minimum absolute atomic E-state index is 0.0381. The molecule has 0 amide bonds. The minimum atomic E-state index is -0.521. The lowest BCUT2D eigenvalue weighted by Crippen LogP contribution is -2.16. The highest BCUT2D eigenvalue weighted by Gasteiger charge is 2.12. The summed E-state index contributed by atoms with van der Waals surface area (Å²) in [6.07, 6.45) is 1.63. The summed E-state index contributed by atoms with van der Waals surface area (Å²) in [6.45, 7) is 0. The summed E-state index contributed by atoms with van der Waals surface area (Å²) in [5, 5.41) is 13.5. The molecule has 4 aromatic rings. The van der Waals surface area contributed by atoms with Gasteiger partial charge in [0.2, 0.25) is 5.95 Å². The largest absolute Gasteiger partial charge is 0.345 e. The maximum Gasteiger partial charge on any atom is 0.270 e. The predicted octanol–water partition coefficient (Wildman–Crippen LogP) is 4.52. The number of benzene rings is 3. The first-order valence-electron chi connectivity index (χ1n) is 9.93. The van der Waals surface area contributed by atoms with Crippen LogP contribution in [0.4, 0.5) is 17.3 Å². The van der Waals surface area contributed by atoms with E-state index in [1.54, 1.807) is 18.3 Å². The van der Waals surface area contributed by atoms with E-state index >= 15 is 0 Å². The minimum Gasteiger partial charge on any atom is -0.345 e. The Bertz CT molecular complexity index is 1320. The van der Waals surface area contributed by atoms with Crippen LogP contribution in [-0.2, 0) is 0 Å². The van der Waals surface area contributed by atoms with Crippen LogP contribution in [0.2, 0.25) is 0 Å². The van der Waals surface area contributed by atoms with E-state index in [1.165, 1.54) is 0 Å². The van der Waals surface area contributed by atoms with Crippen molar-refractivity contribution in [3.05, 3.63) is 106 Å². The van der Waals surface area contributed by atoms with Gasteiger partial charge in [-0.2, -0.15) is 10.4 Å². The van der Waals surface area contributed by atoms with E-state index in [0.717, 1.165) is 16.9 Å². The molecule has 0 aliphatic rings. The topological polar surface area (TPSA) is 97.2 Å². The molecule has 4 rings (SSSR count). The van der Waals surface area contributed by atoms with E-state index in [2.05, 4.69) is 25.4 Å². The van der Waals surface area contributed by atoms with Crippen molar-refractivity contribution in [1.82, 2.24) is 9.97 Å². The number of rotatable bonds is 6. The quantitative estimate of drug-likeness (QED) is 0.353. The molecule has 0 fully saturated rings. The second kappa shape index (κ2) is 9.41. The number of anilines is 3. The molecule has 0 bridgehead atoms. The normalized spacial score (nSPS) is 10.6. The first-order chi connectivity index (χ1) is 15.7. The number of hydrogen-bond acceptors (Lipinski definition) is 6. The van der Waals surface area contributed by atoms with Gasteiger partial charge in [-0.1, -0.05) is 60.7 Å². The van der Waals surface area contributed by atoms with Crippen LogP contribution >= 0.6 is 0 Å². The number of nitrogens with one attached hydrogen (secondary N) is 2. The zero-order valence-corrected chi connectivity index (χ0v) is 17.4. The van der Waals surface area contributed by atoms with Crippen LogP contribution in [0.5, 0.6) is 0 Å². The lowest BCUT2D eigenvalue weighted by atomic mass is 10.1. The van der Waals surface area contributed by atoms with Gasteiger partial charge in [0.1, 0.15) is 11.6 Å². The van der Waals surface area contributed by atoms with Gasteiger partial charge >= 0.3 is 0 Å². The van der Waals surface area contributed by atoms with Gasteiger partial charge in [-0.05, 0) is 29.8 Å². The van der Waals surface area contributed by atoms with Crippen molar-refractivity contribution < 1.29 is 0 Å². The highest BCUT2D eigenvalue weighted by atomic mass is 16.1. The van der Waals surface area contributed by atoms with Crippen LogP contribution in [0.25, 0.3) is 11.3 Å². The number of hydrazone groups is 1. The van der Waals surface area contributed by atoms with Gasteiger partial charge < -0.3 is 4.90 Å². The smallest absolute Gasteiger partial charge is 0.270 e. The van der Waals surface area contributed by atoms with E-state index < -0.39 is 5.56 Å². The zero-order valence-electron chi connectivity index (χ0n) is 17.4. The number of nitriles is 1. The summed E-state index contributed by atoms with van der Waals surface area (Å²) in [4.78, 5) is 21.3. The third-order valence-electron chi connectivity index (χ3n) is 4.89. The van der Waals surface area contributed by atoms with Crippen molar-refractivity contribution in [1.29, 1.82) is 5.26 Å². The molecule has 156 valence electrons. The van der Waals surface area contributed by atoms with Crippen molar-refractivity contribution >= 4 is 23.5 Å². The van der Waals surface area contributed by atoms with Gasteiger partial charge in [0, 0.05) is 24.0 Å². The van der Waals surface area contributed by atoms with Gasteiger partial charge in [0.25, 0.3) is 5.56 Å². The highest BCUT2D eigenvalue weighted by molar-refractivity contribution is 5.81. The van der Waals surface area contributed by atoms with Crippen molar-refractivity contribution in [2.45, 2.75) is 0 Å². The third kappa shape index (κ3) is 4.55. The molecular weight excluding hydrogens is 400 g/mol.